The highest BCUT2D eigenvalue weighted by molar-refractivity contribution is 7.99. The maximum Gasteiger partial charge on any atom is 0.410 e. The molecule has 2 atom stereocenters. The van der Waals surface area contributed by atoms with E-state index < -0.39 is 5.60 Å². The van der Waals surface area contributed by atoms with Gasteiger partial charge < -0.3 is 9.64 Å². The van der Waals surface area contributed by atoms with Crippen molar-refractivity contribution < 1.29 is 9.53 Å². The molecule has 2 aliphatic heterocycles. The summed E-state index contributed by atoms with van der Waals surface area (Å²) < 4.78 is 5.53. The molecule has 0 radical (unpaired) electrons. The van der Waals surface area contributed by atoms with Gasteiger partial charge in [-0.3, -0.25) is 0 Å². The second-order valence-electron chi connectivity index (χ2n) is 6.93. The van der Waals surface area contributed by atoms with Gasteiger partial charge >= 0.3 is 6.09 Å². The normalized spacial score (nSPS) is 25.0. The smallest absolute Gasteiger partial charge is 0.410 e. The molecule has 0 aliphatic carbocycles. The van der Waals surface area contributed by atoms with Gasteiger partial charge in [-0.2, -0.15) is 0 Å². The van der Waals surface area contributed by atoms with E-state index in [0.717, 1.165) is 19.5 Å². The number of fused-ring (bicyclic) bond motifs is 3. The first-order chi connectivity index (χ1) is 9.94. The molecule has 1 fully saturated rings. The summed E-state index contributed by atoms with van der Waals surface area (Å²) in [4.78, 5) is 15.6. The molecule has 0 bridgehead atoms. The lowest BCUT2D eigenvalue weighted by Gasteiger charge is -2.42. The molecular formula is C17H23NO2S. The molecule has 0 spiro atoms. The third-order valence-corrected chi connectivity index (χ3v) is 5.46. The highest BCUT2D eigenvalue weighted by Crippen LogP contribution is 2.44. The second-order valence-corrected chi connectivity index (χ2v) is 7.99. The van der Waals surface area contributed by atoms with Crippen molar-refractivity contribution in [3.63, 3.8) is 0 Å². The average molecular weight is 305 g/mol. The first-order valence-corrected chi connectivity index (χ1v) is 8.62. The number of likely N-dealkylation sites (tertiary alicyclic amines) is 1. The Labute approximate surface area is 131 Å². The Bertz CT molecular complexity index is 538. The number of benzene rings is 1. The van der Waals surface area contributed by atoms with Crippen LogP contribution in [0.2, 0.25) is 0 Å². The summed E-state index contributed by atoms with van der Waals surface area (Å²) in [5, 5.41) is 0. The maximum atomic E-state index is 12.3. The van der Waals surface area contributed by atoms with Crippen molar-refractivity contribution in [1.29, 1.82) is 0 Å². The van der Waals surface area contributed by atoms with E-state index in [-0.39, 0.29) is 6.09 Å². The van der Waals surface area contributed by atoms with Gasteiger partial charge in [-0.05, 0) is 44.7 Å². The van der Waals surface area contributed by atoms with Crippen molar-refractivity contribution in [2.45, 2.75) is 43.6 Å². The third kappa shape index (κ3) is 3.20. The van der Waals surface area contributed by atoms with E-state index in [4.69, 9.17) is 4.74 Å². The minimum Gasteiger partial charge on any atom is -0.444 e. The highest BCUT2D eigenvalue weighted by atomic mass is 32.2. The molecule has 3 nitrogen and oxygen atoms in total. The molecule has 4 heteroatoms. The Morgan fingerprint density at radius 1 is 1.33 bits per heavy atom. The molecule has 0 N–H and O–H groups in total. The fourth-order valence-electron chi connectivity index (χ4n) is 3.16. The number of rotatable bonds is 0. The monoisotopic (exact) mass is 305 g/mol. The van der Waals surface area contributed by atoms with Crippen molar-refractivity contribution in [3.8, 4) is 0 Å². The minimum atomic E-state index is -0.422. The zero-order valence-corrected chi connectivity index (χ0v) is 13.8. The number of amides is 1. The fourth-order valence-corrected chi connectivity index (χ4v) is 4.51. The standard InChI is InChI=1S/C17H23NO2S/c1-17(2,3)20-16(19)18-9-8-12-11-21-15-7-5-4-6-13(15)14(12)10-18/h4-7,12,14H,8-11H2,1-3H3/t12-,14-/m0/s1. The number of carbonyl (C=O) groups is 1. The lowest BCUT2D eigenvalue weighted by molar-refractivity contribution is 0.0163. The minimum absolute atomic E-state index is 0.170. The Hall–Kier alpha value is -1.16. The largest absolute Gasteiger partial charge is 0.444 e. The van der Waals surface area contributed by atoms with Gasteiger partial charge in [-0.15, -0.1) is 11.8 Å². The fraction of sp³-hybridized carbons (Fsp3) is 0.588. The highest BCUT2D eigenvalue weighted by Gasteiger charge is 2.37. The van der Waals surface area contributed by atoms with Crippen molar-refractivity contribution in [2.24, 2.45) is 5.92 Å². The summed E-state index contributed by atoms with van der Waals surface area (Å²) >= 11 is 1.96. The van der Waals surface area contributed by atoms with Gasteiger partial charge in [0.2, 0.25) is 0 Å². The first kappa shape index (κ1) is 14.8. The molecule has 2 heterocycles. The quantitative estimate of drug-likeness (QED) is 0.721. The van der Waals surface area contributed by atoms with Crippen molar-refractivity contribution >= 4 is 17.9 Å². The van der Waals surface area contributed by atoms with E-state index in [1.165, 1.54) is 16.2 Å². The number of hydrogen-bond acceptors (Lipinski definition) is 3. The van der Waals surface area contributed by atoms with Crippen molar-refractivity contribution in [1.82, 2.24) is 4.90 Å². The van der Waals surface area contributed by atoms with Gasteiger partial charge in [-0.1, -0.05) is 18.2 Å². The number of hydrogen-bond donors (Lipinski definition) is 0. The van der Waals surface area contributed by atoms with E-state index in [9.17, 15) is 4.79 Å². The Balaban J connectivity index is 1.76. The van der Waals surface area contributed by atoms with Gasteiger partial charge in [0.15, 0.2) is 0 Å². The van der Waals surface area contributed by atoms with E-state index in [2.05, 4.69) is 24.3 Å². The Kier molecular flexibility index (Phi) is 3.91. The molecule has 1 saturated heterocycles. The predicted molar refractivity (Wildman–Crippen MR) is 85.8 cm³/mol. The zero-order valence-electron chi connectivity index (χ0n) is 13.0. The van der Waals surface area contributed by atoms with Crippen LogP contribution in [0.3, 0.4) is 0 Å². The second kappa shape index (κ2) is 5.56. The van der Waals surface area contributed by atoms with Crippen LogP contribution in [0, 0.1) is 5.92 Å². The lowest BCUT2D eigenvalue weighted by atomic mass is 9.81. The van der Waals surface area contributed by atoms with Crippen LogP contribution in [0.15, 0.2) is 29.2 Å². The molecule has 3 rings (SSSR count). The summed E-state index contributed by atoms with van der Waals surface area (Å²) in [5.41, 5.74) is 0.987. The van der Waals surface area contributed by atoms with Crippen LogP contribution in [0.1, 0.15) is 38.7 Å². The molecule has 21 heavy (non-hydrogen) atoms. The Morgan fingerprint density at radius 3 is 2.86 bits per heavy atom. The van der Waals surface area contributed by atoms with Crippen LogP contribution in [-0.2, 0) is 4.74 Å². The molecule has 1 aromatic carbocycles. The van der Waals surface area contributed by atoms with Crippen LogP contribution in [-0.4, -0.2) is 35.4 Å². The molecule has 1 aromatic rings. The molecule has 1 amide bonds. The Morgan fingerprint density at radius 2 is 2.10 bits per heavy atom. The molecule has 0 unspecified atom stereocenters. The van der Waals surface area contributed by atoms with Crippen molar-refractivity contribution in [2.75, 3.05) is 18.8 Å². The SMILES string of the molecule is CC(C)(C)OC(=O)N1CC[C@H]2CSc3ccccc3[C@H]2C1. The molecule has 0 aromatic heterocycles. The summed E-state index contributed by atoms with van der Waals surface area (Å²) in [5.74, 6) is 2.32. The van der Waals surface area contributed by atoms with Gasteiger partial charge in [-0.25, -0.2) is 4.79 Å². The number of piperidine rings is 1. The first-order valence-electron chi connectivity index (χ1n) is 7.64. The van der Waals surface area contributed by atoms with Crippen LogP contribution in [0.5, 0.6) is 0 Å². The van der Waals surface area contributed by atoms with E-state index in [1.807, 2.05) is 37.4 Å². The average Bonchev–Trinajstić information content (AvgIpc) is 2.45. The number of thioether (sulfide) groups is 1. The summed E-state index contributed by atoms with van der Waals surface area (Å²) in [7, 11) is 0. The van der Waals surface area contributed by atoms with Crippen LogP contribution in [0.4, 0.5) is 4.79 Å². The topological polar surface area (TPSA) is 29.5 Å². The summed E-state index contributed by atoms with van der Waals surface area (Å²) in [6.07, 6.45) is 0.905. The summed E-state index contributed by atoms with van der Waals surface area (Å²) in [6, 6.07) is 8.62. The van der Waals surface area contributed by atoms with Gasteiger partial charge in [0.05, 0.1) is 0 Å². The van der Waals surface area contributed by atoms with Crippen LogP contribution >= 0.6 is 11.8 Å². The van der Waals surface area contributed by atoms with Crippen molar-refractivity contribution in [3.05, 3.63) is 29.8 Å². The predicted octanol–water partition coefficient (Wildman–Crippen LogP) is 4.13. The number of nitrogens with zero attached hydrogens (tertiary/aromatic N) is 1. The maximum absolute atomic E-state index is 12.3. The van der Waals surface area contributed by atoms with E-state index in [1.54, 1.807) is 0 Å². The van der Waals surface area contributed by atoms with Gasteiger partial charge in [0.25, 0.3) is 0 Å². The van der Waals surface area contributed by atoms with Gasteiger partial charge in [0.1, 0.15) is 5.60 Å². The zero-order chi connectivity index (χ0) is 15.0. The molecule has 0 saturated carbocycles. The molecule has 114 valence electrons. The van der Waals surface area contributed by atoms with Crippen LogP contribution in [0.25, 0.3) is 0 Å². The third-order valence-electron chi connectivity index (χ3n) is 4.18. The summed E-state index contributed by atoms with van der Waals surface area (Å²) in [6.45, 7) is 7.37. The van der Waals surface area contributed by atoms with E-state index >= 15 is 0 Å². The van der Waals surface area contributed by atoms with Crippen LogP contribution < -0.4 is 0 Å². The molecule has 2 aliphatic rings. The number of carbonyl (C=O) groups excluding carboxylic acids is 1. The lowest BCUT2D eigenvalue weighted by Crippen LogP contribution is -2.46. The van der Waals surface area contributed by atoms with Gasteiger partial charge in [0, 0.05) is 29.7 Å². The number of ether oxygens (including phenoxy) is 1. The molecular weight excluding hydrogens is 282 g/mol. The van der Waals surface area contributed by atoms with E-state index in [0.29, 0.717) is 11.8 Å².